The van der Waals surface area contributed by atoms with Gasteiger partial charge in [-0.05, 0) is 24.3 Å². The van der Waals surface area contributed by atoms with E-state index in [1.807, 2.05) is 0 Å². The molecule has 0 spiro atoms. The van der Waals surface area contributed by atoms with Crippen LogP contribution in [0.25, 0.3) is 10.1 Å². The number of rotatable bonds is 2. The number of carbonyl (C=O) groups is 1. The number of fused-ring (bicyclic) bond motifs is 1. The first-order valence-corrected chi connectivity index (χ1v) is 6.80. The SMILES string of the molecule is O=C(Nc1ncccn1)c1sc2cc(F)ccc2c1Cl. The zero-order chi connectivity index (χ0) is 14.1. The first-order chi connectivity index (χ1) is 9.65. The number of hydrogen-bond donors (Lipinski definition) is 1. The second-order valence-electron chi connectivity index (χ2n) is 3.91. The molecule has 1 amide bonds. The Bertz CT molecular complexity index is 791. The molecule has 0 fully saturated rings. The predicted molar refractivity (Wildman–Crippen MR) is 76.8 cm³/mol. The van der Waals surface area contributed by atoms with Gasteiger partial charge in [-0.1, -0.05) is 11.6 Å². The Morgan fingerprint density at radius 2 is 2.05 bits per heavy atom. The highest BCUT2D eigenvalue weighted by atomic mass is 35.5. The van der Waals surface area contributed by atoms with E-state index >= 15 is 0 Å². The van der Waals surface area contributed by atoms with Crippen molar-refractivity contribution in [3.05, 3.63) is 52.4 Å². The van der Waals surface area contributed by atoms with Crippen LogP contribution in [0.1, 0.15) is 9.67 Å². The normalized spacial score (nSPS) is 10.7. The Hall–Kier alpha value is -2.05. The van der Waals surface area contributed by atoms with E-state index in [0.29, 0.717) is 20.0 Å². The molecule has 0 radical (unpaired) electrons. The van der Waals surface area contributed by atoms with E-state index in [1.54, 1.807) is 12.1 Å². The van der Waals surface area contributed by atoms with Crippen LogP contribution in [0, 0.1) is 5.82 Å². The van der Waals surface area contributed by atoms with Crippen molar-refractivity contribution >= 4 is 44.9 Å². The van der Waals surface area contributed by atoms with Crippen LogP contribution >= 0.6 is 22.9 Å². The fraction of sp³-hybridized carbons (Fsp3) is 0. The molecule has 0 saturated carbocycles. The van der Waals surface area contributed by atoms with Gasteiger partial charge in [0.2, 0.25) is 5.95 Å². The highest BCUT2D eigenvalue weighted by Gasteiger charge is 2.18. The smallest absolute Gasteiger partial charge is 0.269 e. The zero-order valence-electron chi connectivity index (χ0n) is 9.93. The van der Waals surface area contributed by atoms with Crippen LogP contribution in [0.4, 0.5) is 10.3 Å². The molecule has 0 atom stereocenters. The van der Waals surface area contributed by atoms with Gasteiger partial charge in [-0.3, -0.25) is 10.1 Å². The standard InChI is InChI=1S/C13H7ClFN3OS/c14-10-8-3-2-7(15)6-9(8)20-11(10)12(19)18-13-16-4-1-5-17-13/h1-6H,(H,16,17,18,19). The lowest BCUT2D eigenvalue weighted by atomic mass is 10.2. The van der Waals surface area contributed by atoms with Gasteiger partial charge in [0.05, 0.1) is 5.02 Å². The molecular formula is C13H7ClFN3OS. The van der Waals surface area contributed by atoms with Gasteiger partial charge in [-0.2, -0.15) is 0 Å². The molecule has 4 nitrogen and oxygen atoms in total. The molecule has 0 aliphatic heterocycles. The molecule has 2 aromatic heterocycles. The van der Waals surface area contributed by atoms with Gasteiger partial charge < -0.3 is 0 Å². The molecule has 2 heterocycles. The van der Waals surface area contributed by atoms with Crippen LogP contribution in [-0.2, 0) is 0 Å². The fourth-order valence-electron chi connectivity index (χ4n) is 1.71. The third-order valence-corrected chi connectivity index (χ3v) is 4.24. The van der Waals surface area contributed by atoms with E-state index in [2.05, 4.69) is 15.3 Å². The topological polar surface area (TPSA) is 54.9 Å². The Labute approximate surface area is 122 Å². The van der Waals surface area contributed by atoms with Crippen molar-refractivity contribution in [2.75, 3.05) is 5.32 Å². The van der Waals surface area contributed by atoms with Gasteiger partial charge in [0.25, 0.3) is 5.91 Å². The number of thiophene rings is 1. The van der Waals surface area contributed by atoms with Crippen LogP contribution in [-0.4, -0.2) is 15.9 Å². The van der Waals surface area contributed by atoms with E-state index in [1.165, 1.54) is 24.5 Å². The predicted octanol–water partition coefficient (Wildman–Crippen LogP) is 3.74. The average molecular weight is 308 g/mol. The number of aromatic nitrogens is 2. The number of hydrogen-bond acceptors (Lipinski definition) is 4. The molecule has 3 aromatic rings. The quantitative estimate of drug-likeness (QED) is 0.784. The molecule has 0 saturated heterocycles. The van der Waals surface area contributed by atoms with Crippen molar-refractivity contribution in [1.82, 2.24) is 9.97 Å². The van der Waals surface area contributed by atoms with E-state index in [0.717, 1.165) is 11.3 Å². The molecule has 20 heavy (non-hydrogen) atoms. The van der Waals surface area contributed by atoms with Crippen molar-refractivity contribution in [3.8, 4) is 0 Å². The minimum absolute atomic E-state index is 0.192. The second kappa shape index (κ2) is 5.15. The van der Waals surface area contributed by atoms with Crippen molar-refractivity contribution in [1.29, 1.82) is 0 Å². The van der Waals surface area contributed by atoms with Crippen LogP contribution < -0.4 is 5.32 Å². The Kier molecular flexibility index (Phi) is 3.33. The Balaban J connectivity index is 1.97. The monoisotopic (exact) mass is 307 g/mol. The highest BCUT2D eigenvalue weighted by Crippen LogP contribution is 2.35. The second-order valence-corrected chi connectivity index (χ2v) is 5.34. The summed E-state index contributed by atoms with van der Waals surface area (Å²) in [7, 11) is 0. The van der Waals surface area contributed by atoms with Crippen molar-refractivity contribution in [2.45, 2.75) is 0 Å². The molecule has 0 aliphatic rings. The van der Waals surface area contributed by atoms with Crippen molar-refractivity contribution in [2.24, 2.45) is 0 Å². The van der Waals surface area contributed by atoms with Gasteiger partial charge in [0, 0.05) is 22.5 Å². The lowest BCUT2D eigenvalue weighted by Gasteiger charge is -2.00. The number of nitrogens with one attached hydrogen (secondary N) is 1. The fourth-order valence-corrected chi connectivity index (χ4v) is 3.14. The van der Waals surface area contributed by atoms with E-state index in [9.17, 15) is 9.18 Å². The van der Waals surface area contributed by atoms with Crippen LogP contribution in [0.3, 0.4) is 0 Å². The van der Waals surface area contributed by atoms with Crippen LogP contribution in [0.5, 0.6) is 0 Å². The van der Waals surface area contributed by atoms with E-state index < -0.39 is 5.91 Å². The molecule has 1 N–H and O–H groups in total. The number of anilines is 1. The molecule has 0 aliphatic carbocycles. The third-order valence-electron chi connectivity index (χ3n) is 2.59. The summed E-state index contributed by atoms with van der Waals surface area (Å²) in [5, 5.41) is 3.50. The van der Waals surface area contributed by atoms with Gasteiger partial charge in [0.1, 0.15) is 10.7 Å². The number of benzene rings is 1. The number of amides is 1. The Morgan fingerprint density at radius 1 is 1.30 bits per heavy atom. The summed E-state index contributed by atoms with van der Waals surface area (Å²) in [6.45, 7) is 0. The molecule has 1 aromatic carbocycles. The van der Waals surface area contributed by atoms with Crippen molar-refractivity contribution in [3.63, 3.8) is 0 Å². The zero-order valence-corrected chi connectivity index (χ0v) is 11.5. The Morgan fingerprint density at radius 3 is 2.80 bits per heavy atom. The lowest BCUT2D eigenvalue weighted by Crippen LogP contribution is -2.12. The maximum atomic E-state index is 13.2. The first-order valence-electron chi connectivity index (χ1n) is 5.61. The maximum Gasteiger partial charge on any atom is 0.269 e. The minimum Gasteiger partial charge on any atom is -0.290 e. The summed E-state index contributed by atoms with van der Waals surface area (Å²) >= 11 is 7.28. The summed E-state index contributed by atoms with van der Waals surface area (Å²) in [5.74, 6) is -0.589. The van der Waals surface area contributed by atoms with Crippen LogP contribution in [0.15, 0.2) is 36.7 Å². The van der Waals surface area contributed by atoms with E-state index in [4.69, 9.17) is 11.6 Å². The summed E-state index contributed by atoms with van der Waals surface area (Å²) in [6.07, 6.45) is 3.04. The average Bonchev–Trinajstić information content (AvgIpc) is 2.76. The summed E-state index contributed by atoms with van der Waals surface area (Å²) in [4.78, 5) is 20.2. The molecular weight excluding hydrogens is 301 g/mol. The molecule has 100 valence electrons. The largest absolute Gasteiger partial charge is 0.290 e. The summed E-state index contributed by atoms with van der Waals surface area (Å²) < 4.78 is 13.8. The maximum absolute atomic E-state index is 13.2. The van der Waals surface area contributed by atoms with Crippen molar-refractivity contribution < 1.29 is 9.18 Å². The molecule has 3 rings (SSSR count). The van der Waals surface area contributed by atoms with Gasteiger partial charge >= 0.3 is 0 Å². The number of nitrogens with zero attached hydrogens (tertiary/aromatic N) is 2. The highest BCUT2D eigenvalue weighted by molar-refractivity contribution is 7.21. The van der Waals surface area contributed by atoms with Gasteiger partial charge in [-0.25, -0.2) is 14.4 Å². The number of carbonyl (C=O) groups excluding carboxylic acids is 1. The van der Waals surface area contributed by atoms with Gasteiger partial charge in [0.15, 0.2) is 0 Å². The minimum atomic E-state index is -0.414. The molecule has 0 bridgehead atoms. The molecule has 7 heteroatoms. The van der Waals surface area contributed by atoms with Gasteiger partial charge in [-0.15, -0.1) is 11.3 Å². The number of halogens is 2. The summed E-state index contributed by atoms with van der Waals surface area (Å²) in [5.41, 5.74) is 0. The van der Waals surface area contributed by atoms with E-state index in [-0.39, 0.29) is 11.8 Å². The first kappa shape index (κ1) is 13.0. The third kappa shape index (κ3) is 2.35. The van der Waals surface area contributed by atoms with Crippen LogP contribution in [0.2, 0.25) is 5.02 Å². The molecule has 0 unspecified atom stereocenters. The summed E-state index contributed by atoms with van der Waals surface area (Å²) in [6, 6.07) is 5.86. The lowest BCUT2D eigenvalue weighted by molar-refractivity contribution is 0.103.